The molecule has 0 bridgehead atoms. The second kappa shape index (κ2) is 4.97. The summed E-state index contributed by atoms with van der Waals surface area (Å²) in [6.45, 7) is 0.309. The second-order valence-electron chi connectivity index (χ2n) is 3.39. The van der Waals surface area contributed by atoms with Crippen molar-refractivity contribution in [3.05, 3.63) is 52.6 Å². The molecule has 0 saturated carbocycles. The SMILES string of the molecule is O=C(NCc1ccn[nH]1)c1ccc(Cl)c(F)c1. The molecule has 0 radical (unpaired) electrons. The number of amides is 1. The number of benzene rings is 1. The number of hydrogen-bond donors (Lipinski definition) is 2. The van der Waals surface area contributed by atoms with Crippen LogP contribution < -0.4 is 5.32 Å². The molecule has 0 saturated heterocycles. The smallest absolute Gasteiger partial charge is 0.251 e. The number of halogens is 2. The molecule has 0 unspecified atom stereocenters. The lowest BCUT2D eigenvalue weighted by atomic mass is 10.2. The number of aromatic amines is 1. The molecule has 1 aromatic carbocycles. The summed E-state index contributed by atoms with van der Waals surface area (Å²) >= 11 is 5.52. The Bertz CT molecular complexity index is 528. The molecule has 1 heterocycles. The van der Waals surface area contributed by atoms with Gasteiger partial charge in [0.25, 0.3) is 5.91 Å². The number of hydrogen-bond acceptors (Lipinski definition) is 2. The minimum atomic E-state index is -0.610. The van der Waals surface area contributed by atoms with E-state index in [1.807, 2.05) is 0 Å². The Morgan fingerprint density at radius 3 is 2.94 bits per heavy atom. The Morgan fingerprint density at radius 1 is 1.47 bits per heavy atom. The molecule has 1 aromatic heterocycles. The fraction of sp³-hybridized carbons (Fsp3) is 0.0909. The van der Waals surface area contributed by atoms with Crippen molar-refractivity contribution in [1.82, 2.24) is 15.5 Å². The van der Waals surface area contributed by atoms with Gasteiger partial charge in [0, 0.05) is 11.8 Å². The predicted octanol–water partition coefficient (Wildman–Crippen LogP) is 2.13. The molecule has 4 nitrogen and oxygen atoms in total. The number of aromatic nitrogens is 2. The number of rotatable bonds is 3. The molecule has 0 spiro atoms. The van der Waals surface area contributed by atoms with Crippen LogP contribution in [-0.4, -0.2) is 16.1 Å². The van der Waals surface area contributed by atoms with Crippen LogP contribution in [0.25, 0.3) is 0 Å². The van der Waals surface area contributed by atoms with Crippen LogP contribution in [0.4, 0.5) is 4.39 Å². The van der Waals surface area contributed by atoms with Crippen LogP contribution in [0.5, 0.6) is 0 Å². The van der Waals surface area contributed by atoms with Crippen LogP contribution >= 0.6 is 11.6 Å². The zero-order valence-corrected chi connectivity index (χ0v) is 9.46. The van der Waals surface area contributed by atoms with Crippen molar-refractivity contribution in [3.8, 4) is 0 Å². The van der Waals surface area contributed by atoms with Gasteiger partial charge in [-0.2, -0.15) is 5.10 Å². The maximum Gasteiger partial charge on any atom is 0.251 e. The summed E-state index contributed by atoms with van der Waals surface area (Å²) in [4.78, 5) is 11.6. The van der Waals surface area contributed by atoms with E-state index in [0.29, 0.717) is 6.54 Å². The maximum absolute atomic E-state index is 13.1. The first kappa shape index (κ1) is 11.6. The van der Waals surface area contributed by atoms with E-state index >= 15 is 0 Å². The van der Waals surface area contributed by atoms with E-state index in [1.54, 1.807) is 12.3 Å². The largest absolute Gasteiger partial charge is 0.346 e. The Labute approximate surface area is 102 Å². The summed E-state index contributed by atoms with van der Waals surface area (Å²) in [6.07, 6.45) is 1.59. The third kappa shape index (κ3) is 2.82. The molecule has 0 aliphatic carbocycles. The lowest BCUT2D eigenvalue weighted by Crippen LogP contribution is -2.23. The molecule has 2 aromatic rings. The first-order chi connectivity index (χ1) is 8.16. The van der Waals surface area contributed by atoms with E-state index in [2.05, 4.69) is 15.5 Å². The maximum atomic E-state index is 13.1. The fourth-order valence-corrected chi connectivity index (χ4v) is 1.42. The monoisotopic (exact) mass is 253 g/mol. The molecule has 88 valence electrons. The zero-order valence-electron chi connectivity index (χ0n) is 8.71. The molecular weight excluding hydrogens is 245 g/mol. The number of nitrogens with zero attached hydrogens (tertiary/aromatic N) is 1. The summed E-state index contributed by atoms with van der Waals surface area (Å²) in [5.41, 5.74) is 0.999. The Balaban J connectivity index is 2.02. The standard InChI is InChI=1S/C11H9ClFN3O/c12-9-2-1-7(5-10(9)13)11(17)14-6-8-3-4-15-16-8/h1-5H,6H2,(H,14,17)(H,15,16). The highest BCUT2D eigenvalue weighted by atomic mass is 35.5. The fourth-order valence-electron chi connectivity index (χ4n) is 1.30. The van der Waals surface area contributed by atoms with Gasteiger partial charge in [0.2, 0.25) is 0 Å². The molecule has 0 atom stereocenters. The van der Waals surface area contributed by atoms with Crippen molar-refractivity contribution < 1.29 is 9.18 Å². The molecule has 2 N–H and O–H groups in total. The lowest BCUT2D eigenvalue weighted by Gasteiger charge is -2.04. The minimum Gasteiger partial charge on any atom is -0.346 e. The topological polar surface area (TPSA) is 57.8 Å². The third-order valence-corrected chi connectivity index (χ3v) is 2.49. The number of carbonyl (C=O) groups excluding carboxylic acids is 1. The van der Waals surface area contributed by atoms with E-state index in [-0.39, 0.29) is 16.5 Å². The van der Waals surface area contributed by atoms with Gasteiger partial charge in [-0.3, -0.25) is 9.89 Å². The number of H-pyrrole nitrogens is 1. The van der Waals surface area contributed by atoms with Crippen LogP contribution in [0.2, 0.25) is 5.02 Å². The summed E-state index contributed by atoms with van der Waals surface area (Å²) in [5, 5.41) is 9.07. The van der Waals surface area contributed by atoms with Gasteiger partial charge in [-0.25, -0.2) is 4.39 Å². The number of nitrogens with one attached hydrogen (secondary N) is 2. The number of carbonyl (C=O) groups is 1. The van der Waals surface area contributed by atoms with Crippen molar-refractivity contribution in [1.29, 1.82) is 0 Å². The van der Waals surface area contributed by atoms with Gasteiger partial charge in [-0.15, -0.1) is 0 Å². The van der Waals surface area contributed by atoms with Gasteiger partial charge < -0.3 is 5.32 Å². The van der Waals surface area contributed by atoms with Crippen molar-refractivity contribution >= 4 is 17.5 Å². The van der Waals surface area contributed by atoms with Gasteiger partial charge in [0.15, 0.2) is 0 Å². The molecule has 1 amide bonds. The highest BCUT2D eigenvalue weighted by molar-refractivity contribution is 6.30. The molecule has 6 heteroatoms. The van der Waals surface area contributed by atoms with Crippen molar-refractivity contribution in [2.45, 2.75) is 6.54 Å². The summed E-state index contributed by atoms with van der Waals surface area (Å²) < 4.78 is 13.1. The molecule has 0 fully saturated rings. The predicted molar refractivity (Wildman–Crippen MR) is 61.2 cm³/mol. The van der Waals surface area contributed by atoms with E-state index in [1.165, 1.54) is 12.1 Å². The van der Waals surface area contributed by atoms with Crippen molar-refractivity contribution in [2.24, 2.45) is 0 Å². The van der Waals surface area contributed by atoms with Crippen LogP contribution in [0.1, 0.15) is 16.1 Å². The van der Waals surface area contributed by atoms with Gasteiger partial charge in [-0.1, -0.05) is 11.6 Å². The van der Waals surface area contributed by atoms with E-state index in [4.69, 9.17) is 11.6 Å². The second-order valence-corrected chi connectivity index (χ2v) is 3.80. The summed E-state index contributed by atoms with van der Waals surface area (Å²) in [5.74, 6) is -0.976. The third-order valence-electron chi connectivity index (χ3n) is 2.18. The highest BCUT2D eigenvalue weighted by Crippen LogP contribution is 2.15. The van der Waals surface area contributed by atoms with E-state index in [9.17, 15) is 9.18 Å². The van der Waals surface area contributed by atoms with Crippen LogP contribution in [0.3, 0.4) is 0 Å². The first-order valence-electron chi connectivity index (χ1n) is 4.88. The normalized spacial score (nSPS) is 10.2. The highest BCUT2D eigenvalue weighted by Gasteiger charge is 2.08. The first-order valence-corrected chi connectivity index (χ1v) is 5.26. The average Bonchev–Trinajstić information content (AvgIpc) is 2.82. The molecule has 0 aliphatic rings. The quantitative estimate of drug-likeness (QED) is 0.880. The molecular formula is C11H9ClFN3O. The van der Waals surface area contributed by atoms with Gasteiger partial charge >= 0.3 is 0 Å². The van der Waals surface area contributed by atoms with Gasteiger partial charge in [0.05, 0.1) is 17.3 Å². The van der Waals surface area contributed by atoms with Crippen LogP contribution in [0.15, 0.2) is 30.5 Å². The zero-order chi connectivity index (χ0) is 12.3. The van der Waals surface area contributed by atoms with Crippen molar-refractivity contribution in [2.75, 3.05) is 0 Å². The Hall–Kier alpha value is -1.88. The van der Waals surface area contributed by atoms with Crippen LogP contribution in [0, 0.1) is 5.82 Å². The van der Waals surface area contributed by atoms with E-state index < -0.39 is 5.82 Å². The minimum absolute atomic E-state index is 0.00452. The summed E-state index contributed by atoms with van der Waals surface area (Å²) in [7, 11) is 0. The lowest BCUT2D eigenvalue weighted by molar-refractivity contribution is 0.0950. The summed E-state index contributed by atoms with van der Waals surface area (Å²) in [6, 6.07) is 5.66. The molecule has 17 heavy (non-hydrogen) atoms. The van der Waals surface area contributed by atoms with Crippen LogP contribution in [-0.2, 0) is 6.54 Å². The Morgan fingerprint density at radius 2 is 2.29 bits per heavy atom. The molecule has 2 rings (SSSR count). The van der Waals surface area contributed by atoms with Gasteiger partial charge in [-0.05, 0) is 24.3 Å². The Kier molecular flexibility index (Phi) is 3.39. The van der Waals surface area contributed by atoms with Gasteiger partial charge in [0.1, 0.15) is 5.82 Å². The van der Waals surface area contributed by atoms with Crippen molar-refractivity contribution in [3.63, 3.8) is 0 Å². The average molecular weight is 254 g/mol. The molecule has 0 aliphatic heterocycles. The van der Waals surface area contributed by atoms with E-state index in [0.717, 1.165) is 11.8 Å².